The van der Waals surface area contributed by atoms with Crippen LogP contribution in [0, 0.1) is 0 Å². The maximum absolute atomic E-state index is 12.8. The van der Waals surface area contributed by atoms with E-state index in [-0.39, 0.29) is 24.2 Å². The molecule has 156 valence electrons. The van der Waals surface area contributed by atoms with Crippen molar-refractivity contribution < 1.29 is 4.79 Å². The van der Waals surface area contributed by atoms with Gasteiger partial charge in [0.05, 0.1) is 6.04 Å². The van der Waals surface area contributed by atoms with Gasteiger partial charge >= 0.3 is 5.69 Å². The number of rotatable bonds is 6. The number of hydrogen-bond acceptors (Lipinski definition) is 3. The van der Waals surface area contributed by atoms with Gasteiger partial charge in [-0.25, -0.2) is 9.48 Å². The predicted molar refractivity (Wildman–Crippen MR) is 117 cm³/mol. The molecule has 1 unspecified atom stereocenters. The molecule has 2 aromatic carbocycles. The van der Waals surface area contributed by atoms with E-state index in [1.807, 2.05) is 54.6 Å². The number of benzene rings is 2. The van der Waals surface area contributed by atoms with Crippen molar-refractivity contribution in [1.29, 1.82) is 0 Å². The molecule has 0 radical (unpaired) electrons. The molecule has 0 bridgehead atoms. The molecular formula is C23H25ClN4O2. The lowest BCUT2D eigenvalue weighted by Gasteiger charge is -2.19. The number of nitrogens with zero attached hydrogens (tertiary/aromatic N) is 3. The summed E-state index contributed by atoms with van der Waals surface area (Å²) in [6, 6.07) is 17.2. The van der Waals surface area contributed by atoms with E-state index in [0.29, 0.717) is 18.0 Å². The van der Waals surface area contributed by atoms with Gasteiger partial charge < -0.3 is 5.32 Å². The van der Waals surface area contributed by atoms with Crippen LogP contribution in [0.2, 0.25) is 5.02 Å². The van der Waals surface area contributed by atoms with E-state index in [1.54, 1.807) is 4.57 Å². The number of aryl methyl sites for hydroxylation is 1. The Bertz CT molecular complexity index is 1060. The van der Waals surface area contributed by atoms with Crippen LogP contribution in [0.5, 0.6) is 0 Å². The van der Waals surface area contributed by atoms with Gasteiger partial charge in [0.1, 0.15) is 12.4 Å². The summed E-state index contributed by atoms with van der Waals surface area (Å²) in [5.41, 5.74) is 1.88. The summed E-state index contributed by atoms with van der Waals surface area (Å²) in [6.07, 6.45) is 4.52. The number of halogens is 1. The molecule has 1 aromatic heterocycles. The van der Waals surface area contributed by atoms with E-state index in [4.69, 9.17) is 11.6 Å². The first kappa shape index (κ1) is 20.4. The minimum Gasteiger partial charge on any atom is -0.347 e. The Morgan fingerprint density at radius 3 is 2.60 bits per heavy atom. The highest BCUT2D eigenvalue weighted by Crippen LogP contribution is 2.20. The van der Waals surface area contributed by atoms with Crippen molar-refractivity contribution in [1.82, 2.24) is 19.7 Å². The molecule has 1 aliphatic heterocycles. The summed E-state index contributed by atoms with van der Waals surface area (Å²) in [6.45, 7) is 0.599. The maximum Gasteiger partial charge on any atom is 0.346 e. The first-order chi connectivity index (χ1) is 14.6. The first-order valence-corrected chi connectivity index (χ1v) is 10.7. The smallest absolute Gasteiger partial charge is 0.346 e. The third kappa shape index (κ3) is 4.82. The molecule has 1 atom stereocenters. The van der Waals surface area contributed by atoms with Gasteiger partial charge in [-0.1, -0.05) is 60.5 Å². The minimum absolute atomic E-state index is 0.0806. The number of aromatic nitrogens is 3. The van der Waals surface area contributed by atoms with Crippen LogP contribution in [0.15, 0.2) is 59.4 Å². The normalized spacial score (nSPS) is 14.6. The lowest BCUT2D eigenvalue weighted by molar-refractivity contribution is -0.122. The summed E-state index contributed by atoms with van der Waals surface area (Å²) in [5.74, 6) is 0.555. The van der Waals surface area contributed by atoms with Gasteiger partial charge in [0.15, 0.2) is 0 Å². The van der Waals surface area contributed by atoms with Crippen molar-refractivity contribution in [3.05, 3.63) is 87.1 Å². The second kappa shape index (κ2) is 9.30. The molecule has 30 heavy (non-hydrogen) atoms. The van der Waals surface area contributed by atoms with Gasteiger partial charge in [-0.15, -0.1) is 0 Å². The molecule has 1 aliphatic rings. The molecule has 2 heterocycles. The molecule has 1 N–H and O–H groups in total. The molecular weight excluding hydrogens is 400 g/mol. The van der Waals surface area contributed by atoms with Gasteiger partial charge in [0.25, 0.3) is 0 Å². The zero-order valence-electron chi connectivity index (χ0n) is 16.8. The van der Waals surface area contributed by atoms with Gasteiger partial charge in [0.2, 0.25) is 5.91 Å². The summed E-state index contributed by atoms with van der Waals surface area (Å²) < 4.78 is 3.00. The molecule has 3 aromatic rings. The van der Waals surface area contributed by atoms with Gasteiger partial charge in [-0.2, -0.15) is 5.10 Å². The molecule has 7 heteroatoms. The topological polar surface area (TPSA) is 68.9 Å². The standard InChI is InChI=1S/C23H25ClN4O2/c24-19-12-10-17(11-13-19)15-20(18-7-3-1-4-8-18)25-22(29)16-28-23(30)27-14-6-2-5-9-21(27)26-28/h1,3-4,7-8,10-13,20H,2,5-6,9,14-16H2,(H,25,29). The molecule has 0 fully saturated rings. The van der Waals surface area contributed by atoms with Gasteiger partial charge in [-0.05, 0) is 42.5 Å². The Morgan fingerprint density at radius 2 is 1.83 bits per heavy atom. The van der Waals surface area contributed by atoms with E-state index < -0.39 is 0 Å². The van der Waals surface area contributed by atoms with E-state index in [1.165, 1.54) is 4.68 Å². The maximum atomic E-state index is 12.8. The SMILES string of the molecule is O=C(Cn1nc2n(c1=O)CCCCC2)NC(Cc1ccc(Cl)cc1)c1ccccc1. The quantitative estimate of drug-likeness (QED) is 0.658. The Balaban J connectivity index is 1.50. The largest absolute Gasteiger partial charge is 0.347 e. The van der Waals surface area contributed by atoms with E-state index >= 15 is 0 Å². The van der Waals surface area contributed by atoms with Crippen LogP contribution in [-0.4, -0.2) is 20.3 Å². The summed E-state index contributed by atoms with van der Waals surface area (Å²) >= 11 is 6.00. The number of hydrogen-bond donors (Lipinski definition) is 1. The molecule has 1 amide bonds. The fourth-order valence-corrected chi connectivity index (χ4v) is 4.02. The van der Waals surface area contributed by atoms with Crippen molar-refractivity contribution in [2.45, 2.75) is 51.2 Å². The lowest BCUT2D eigenvalue weighted by Crippen LogP contribution is -2.36. The fraction of sp³-hybridized carbons (Fsp3) is 0.348. The third-order valence-corrected chi connectivity index (χ3v) is 5.72. The first-order valence-electron chi connectivity index (χ1n) is 10.4. The van der Waals surface area contributed by atoms with Crippen LogP contribution in [0.25, 0.3) is 0 Å². The van der Waals surface area contributed by atoms with Crippen LogP contribution >= 0.6 is 11.6 Å². The van der Waals surface area contributed by atoms with Crippen LogP contribution in [0.3, 0.4) is 0 Å². The monoisotopic (exact) mass is 424 g/mol. The number of nitrogens with one attached hydrogen (secondary N) is 1. The average Bonchev–Trinajstić information content (AvgIpc) is 2.91. The second-order valence-corrected chi connectivity index (χ2v) is 8.12. The van der Waals surface area contributed by atoms with E-state index in [2.05, 4.69) is 10.4 Å². The minimum atomic E-state index is -0.229. The highest BCUT2D eigenvalue weighted by atomic mass is 35.5. The zero-order chi connectivity index (χ0) is 20.9. The third-order valence-electron chi connectivity index (χ3n) is 5.47. The van der Waals surface area contributed by atoms with Crippen molar-refractivity contribution in [3.8, 4) is 0 Å². The van der Waals surface area contributed by atoms with Crippen LogP contribution in [0.1, 0.15) is 42.3 Å². The van der Waals surface area contributed by atoms with Gasteiger partial charge in [-0.3, -0.25) is 9.36 Å². The molecule has 0 spiro atoms. The predicted octanol–water partition coefficient (Wildman–Crippen LogP) is 3.52. The second-order valence-electron chi connectivity index (χ2n) is 7.68. The van der Waals surface area contributed by atoms with Crippen LogP contribution in [0.4, 0.5) is 0 Å². The van der Waals surface area contributed by atoms with Crippen LogP contribution < -0.4 is 11.0 Å². The summed E-state index contributed by atoms with van der Waals surface area (Å²) in [5, 5.41) is 8.18. The Hall–Kier alpha value is -2.86. The molecule has 6 nitrogen and oxygen atoms in total. The number of carbonyl (C=O) groups excluding carboxylic acids is 1. The summed E-state index contributed by atoms with van der Waals surface area (Å²) in [4.78, 5) is 25.5. The number of amides is 1. The van der Waals surface area contributed by atoms with Crippen molar-refractivity contribution in [2.24, 2.45) is 0 Å². The van der Waals surface area contributed by atoms with Crippen molar-refractivity contribution in [2.75, 3.05) is 0 Å². The average molecular weight is 425 g/mol. The van der Waals surface area contributed by atoms with Crippen LogP contribution in [-0.2, 0) is 30.7 Å². The number of carbonyl (C=O) groups is 1. The highest BCUT2D eigenvalue weighted by molar-refractivity contribution is 6.30. The Labute approximate surface area is 180 Å². The lowest BCUT2D eigenvalue weighted by atomic mass is 9.99. The van der Waals surface area contributed by atoms with Gasteiger partial charge in [0, 0.05) is 18.0 Å². The van der Waals surface area contributed by atoms with E-state index in [9.17, 15) is 9.59 Å². The molecule has 0 aliphatic carbocycles. The molecule has 0 saturated carbocycles. The van der Waals surface area contributed by atoms with Crippen molar-refractivity contribution >= 4 is 17.5 Å². The highest BCUT2D eigenvalue weighted by Gasteiger charge is 2.20. The Kier molecular flexibility index (Phi) is 6.33. The Morgan fingerprint density at radius 1 is 1.07 bits per heavy atom. The summed E-state index contributed by atoms with van der Waals surface area (Å²) in [7, 11) is 0. The van der Waals surface area contributed by atoms with E-state index in [0.717, 1.165) is 42.6 Å². The fourth-order valence-electron chi connectivity index (χ4n) is 3.90. The zero-order valence-corrected chi connectivity index (χ0v) is 17.5. The molecule has 4 rings (SSSR count). The molecule has 0 saturated heterocycles. The number of fused-ring (bicyclic) bond motifs is 1. The van der Waals surface area contributed by atoms with Crippen molar-refractivity contribution in [3.63, 3.8) is 0 Å².